The molecule has 2 heterocycles. The summed E-state index contributed by atoms with van der Waals surface area (Å²) >= 11 is 1.86. The van der Waals surface area contributed by atoms with E-state index in [0.717, 1.165) is 16.5 Å². The van der Waals surface area contributed by atoms with Gasteiger partial charge in [-0.2, -0.15) is 0 Å². The first-order valence-corrected chi connectivity index (χ1v) is 9.81. The fourth-order valence-corrected chi connectivity index (χ4v) is 3.60. The number of hydrogen-bond donors (Lipinski definition) is 0. The van der Waals surface area contributed by atoms with Gasteiger partial charge in [0, 0.05) is 28.7 Å². The Morgan fingerprint density at radius 1 is 1.10 bits per heavy atom. The van der Waals surface area contributed by atoms with E-state index in [2.05, 4.69) is 9.85 Å². The lowest BCUT2D eigenvalue weighted by atomic mass is 10.1. The smallest absolute Gasteiger partial charge is 0.268 e. The van der Waals surface area contributed by atoms with Gasteiger partial charge in [-0.05, 0) is 36.0 Å². The fourth-order valence-electron chi connectivity index (χ4n) is 3.43. The first-order chi connectivity index (χ1) is 13.8. The summed E-state index contributed by atoms with van der Waals surface area (Å²) in [6.45, 7) is 3.44. The zero-order valence-electron chi connectivity index (χ0n) is 15.5. The molecule has 0 spiro atoms. The molecule has 146 valence electrons. The van der Waals surface area contributed by atoms with Crippen molar-refractivity contribution in [2.24, 2.45) is 0 Å². The highest BCUT2D eigenvalue weighted by atomic mass is 127. The van der Waals surface area contributed by atoms with E-state index in [1.165, 1.54) is 11.0 Å². The Morgan fingerprint density at radius 3 is 2.55 bits per heavy atom. The summed E-state index contributed by atoms with van der Waals surface area (Å²) in [7, 11) is 0. The number of amides is 3. The van der Waals surface area contributed by atoms with Crippen LogP contribution in [0.3, 0.4) is 0 Å². The average molecular weight is 504 g/mol. The third-order valence-electron chi connectivity index (χ3n) is 4.82. The molecule has 6 nitrogen and oxygen atoms in total. The lowest BCUT2D eigenvalue weighted by Gasteiger charge is -2.32. The van der Waals surface area contributed by atoms with Gasteiger partial charge in [0.2, 0.25) is 0 Å². The van der Waals surface area contributed by atoms with E-state index in [-0.39, 0.29) is 40.7 Å². The number of aryl methyl sites for hydroxylation is 1. The SMILES string of the molecule is Cc1ccc2c(c1)C(=O)N(c1cc3c(cc1F)OC(C)C(=O)N3CC#CI)C2=O. The number of hydrogen-bond acceptors (Lipinski definition) is 4. The molecule has 29 heavy (non-hydrogen) atoms. The molecule has 0 aromatic heterocycles. The zero-order chi connectivity index (χ0) is 20.9. The highest BCUT2D eigenvalue weighted by molar-refractivity contribution is 14.1. The van der Waals surface area contributed by atoms with Gasteiger partial charge in [0.15, 0.2) is 11.9 Å². The second-order valence-electron chi connectivity index (χ2n) is 6.72. The highest BCUT2D eigenvalue weighted by Gasteiger charge is 2.40. The number of fused-ring (bicyclic) bond motifs is 2. The average Bonchev–Trinajstić information content (AvgIpc) is 2.92. The van der Waals surface area contributed by atoms with Crippen LogP contribution in [0.4, 0.5) is 15.8 Å². The number of carbonyl (C=O) groups is 3. The molecule has 2 aromatic rings. The topological polar surface area (TPSA) is 66.9 Å². The summed E-state index contributed by atoms with van der Waals surface area (Å²) in [4.78, 5) is 40.4. The summed E-state index contributed by atoms with van der Waals surface area (Å²) in [5.41, 5.74) is 1.28. The van der Waals surface area contributed by atoms with Gasteiger partial charge in [-0.25, -0.2) is 9.29 Å². The van der Waals surface area contributed by atoms with Crippen LogP contribution in [0.25, 0.3) is 0 Å². The Bertz CT molecular complexity index is 1150. The summed E-state index contributed by atoms with van der Waals surface area (Å²) in [5.74, 6) is 0.594. The van der Waals surface area contributed by atoms with Crippen LogP contribution in [0.1, 0.15) is 33.2 Å². The summed E-state index contributed by atoms with van der Waals surface area (Å²) in [6.07, 6.45) is -0.800. The van der Waals surface area contributed by atoms with Crippen molar-refractivity contribution in [2.45, 2.75) is 20.0 Å². The quantitative estimate of drug-likeness (QED) is 0.357. The number of benzene rings is 2. The first kappa shape index (κ1) is 19.4. The number of nitrogens with zero attached hydrogens (tertiary/aromatic N) is 2. The third-order valence-corrected chi connectivity index (χ3v) is 5.21. The molecule has 2 aliphatic rings. The van der Waals surface area contributed by atoms with Gasteiger partial charge in [-0.15, -0.1) is 0 Å². The number of rotatable bonds is 2. The molecular formula is C21H14FIN2O4. The molecule has 0 N–H and O–H groups in total. The highest BCUT2D eigenvalue weighted by Crippen LogP contribution is 2.41. The third kappa shape index (κ3) is 3.06. The van der Waals surface area contributed by atoms with Gasteiger partial charge in [0.05, 0.1) is 29.0 Å². The van der Waals surface area contributed by atoms with Gasteiger partial charge < -0.3 is 4.74 Å². The maximum Gasteiger partial charge on any atom is 0.268 e. The molecule has 0 bridgehead atoms. The van der Waals surface area contributed by atoms with Crippen LogP contribution < -0.4 is 14.5 Å². The van der Waals surface area contributed by atoms with Crippen LogP contribution >= 0.6 is 22.6 Å². The molecule has 2 aromatic carbocycles. The van der Waals surface area contributed by atoms with Crippen molar-refractivity contribution in [3.63, 3.8) is 0 Å². The van der Waals surface area contributed by atoms with E-state index in [1.54, 1.807) is 32.0 Å². The van der Waals surface area contributed by atoms with Crippen molar-refractivity contribution in [3.05, 3.63) is 52.8 Å². The predicted octanol–water partition coefficient (Wildman–Crippen LogP) is 3.44. The molecule has 0 fully saturated rings. The number of imide groups is 1. The van der Waals surface area contributed by atoms with E-state index in [4.69, 9.17) is 4.74 Å². The minimum absolute atomic E-state index is 0.0782. The van der Waals surface area contributed by atoms with Gasteiger partial charge in [-0.3, -0.25) is 19.3 Å². The number of halogens is 2. The Balaban J connectivity index is 1.83. The van der Waals surface area contributed by atoms with Crippen LogP contribution in [0, 0.1) is 22.6 Å². The van der Waals surface area contributed by atoms with Crippen molar-refractivity contribution in [1.82, 2.24) is 0 Å². The van der Waals surface area contributed by atoms with Gasteiger partial charge in [-0.1, -0.05) is 17.6 Å². The van der Waals surface area contributed by atoms with Crippen LogP contribution in [-0.4, -0.2) is 30.4 Å². The monoisotopic (exact) mass is 504 g/mol. The van der Waals surface area contributed by atoms with Crippen LogP contribution in [0.5, 0.6) is 5.75 Å². The molecule has 2 aliphatic heterocycles. The van der Waals surface area contributed by atoms with E-state index in [9.17, 15) is 18.8 Å². The molecule has 0 aliphatic carbocycles. The standard InChI is InChI=1S/C21H14FIN2O4/c1-11-4-5-13-14(8-11)21(28)25(20(13)27)16-10-17-18(9-15(16)22)29-12(2)19(26)24(17)7-3-6-23/h4-5,8-10,12H,7H2,1-2H3. The molecule has 1 atom stereocenters. The van der Waals surface area contributed by atoms with Crippen molar-refractivity contribution in [2.75, 3.05) is 16.3 Å². The molecule has 0 radical (unpaired) electrons. The van der Waals surface area contributed by atoms with Crippen molar-refractivity contribution >= 4 is 51.7 Å². The molecule has 0 saturated heterocycles. The maximum absolute atomic E-state index is 14.9. The number of carbonyl (C=O) groups excluding carboxylic acids is 3. The van der Waals surface area contributed by atoms with Crippen LogP contribution in [0.2, 0.25) is 0 Å². The molecular weight excluding hydrogens is 490 g/mol. The molecule has 0 saturated carbocycles. The summed E-state index contributed by atoms with van der Waals surface area (Å²) in [6, 6.07) is 7.25. The Labute approximate surface area is 179 Å². The number of anilines is 2. The van der Waals surface area contributed by atoms with Gasteiger partial charge >= 0.3 is 0 Å². The van der Waals surface area contributed by atoms with E-state index < -0.39 is 23.7 Å². The summed E-state index contributed by atoms with van der Waals surface area (Å²) < 4.78 is 23.1. The second kappa shape index (κ2) is 7.15. The Morgan fingerprint density at radius 2 is 1.83 bits per heavy atom. The van der Waals surface area contributed by atoms with Crippen LogP contribution in [-0.2, 0) is 4.79 Å². The number of ether oxygens (including phenoxy) is 1. The normalized spacial score (nSPS) is 17.5. The maximum atomic E-state index is 14.9. The second-order valence-corrected chi connectivity index (χ2v) is 7.26. The zero-order valence-corrected chi connectivity index (χ0v) is 17.6. The largest absolute Gasteiger partial charge is 0.479 e. The summed E-state index contributed by atoms with van der Waals surface area (Å²) in [5, 5.41) is 0. The molecule has 4 rings (SSSR count). The first-order valence-electron chi connectivity index (χ1n) is 8.73. The Kier molecular flexibility index (Phi) is 4.78. The van der Waals surface area contributed by atoms with E-state index in [0.29, 0.717) is 0 Å². The minimum Gasteiger partial charge on any atom is -0.479 e. The lowest BCUT2D eigenvalue weighted by Crippen LogP contribution is -2.45. The molecule has 1 unspecified atom stereocenters. The predicted molar refractivity (Wildman–Crippen MR) is 113 cm³/mol. The molecule has 3 amide bonds. The van der Waals surface area contributed by atoms with Gasteiger partial charge in [0.25, 0.3) is 17.7 Å². The fraction of sp³-hybridized carbons (Fsp3) is 0.190. The van der Waals surface area contributed by atoms with E-state index in [1.807, 2.05) is 22.6 Å². The van der Waals surface area contributed by atoms with Crippen molar-refractivity contribution < 1.29 is 23.5 Å². The molecule has 8 heteroatoms. The van der Waals surface area contributed by atoms with Crippen molar-refractivity contribution in [3.8, 4) is 15.6 Å². The Hall–Kier alpha value is -2.93. The van der Waals surface area contributed by atoms with Crippen LogP contribution in [0.15, 0.2) is 30.3 Å². The van der Waals surface area contributed by atoms with E-state index >= 15 is 0 Å². The minimum atomic E-state index is -0.800. The van der Waals surface area contributed by atoms with Gasteiger partial charge in [0.1, 0.15) is 5.75 Å². The van der Waals surface area contributed by atoms with Crippen molar-refractivity contribution in [1.29, 1.82) is 0 Å². The lowest BCUT2D eigenvalue weighted by molar-refractivity contribution is -0.125.